The molecule has 1 aromatic heterocycles. The van der Waals surface area contributed by atoms with Crippen LogP contribution in [0.2, 0.25) is 0 Å². The van der Waals surface area contributed by atoms with E-state index in [1.54, 1.807) is 20.8 Å². The van der Waals surface area contributed by atoms with Gasteiger partial charge in [0, 0.05) is 11.8 Å². The molecule has 0 unspecified atom stereocenters. The van der Waals surface area contributed by atoms with E-state index in [1.165, 1.54) is 12.1 Å². The zero-order chi connectivity index (χ0) is 12.3. The van der Waals surface area contributed by atoms with Gasteiger partial charge in [0.15, 0.2) is 5.60 Å². The number of pyridine rings is 1. The van der Waals surface area contributed by atoms with E-state index in [0.29, 0.717) is 5.69 Å². The van der Waals surface area contributed by atoms with Gasteiger partial charge in [0.25, 0.3) is 0 Å². The van der Waals surface area contributed by atoms with Crippen LogP contribution in [-0.2, 0) is 0 Å². The SMILES string of the molecule is C#CC(C)(C)Oc1cc(C(=O)O)cc(C)n1. The molecule has 84 valence electrons. The van der Waals surface area contributed by atoms with E-state index in [1.807, 2.05) is 0 Å². The molecule has 1 heterocycles. The number of carbonyl (C=O) groups is 1. The van der Waals surface area contributed by atoms with Gasteiger partial charge in [-0.25, -0.2) is 9.78 Å². The van der Waals surface area contributed by atoms with Crippen molar-refractivity contribution >= 4 is 5.97 Å². The quantitative estimate of drug-likeness (QED) is 0.788. The largest absolute Gasteiger partial charge is 0.478 e. The maximum Gasteiger partial charge on any atom is 0.335 e. The van der Waals surface area contributed by atoms with Gasteiger partial charge in [-0.05, 0) is 26.8 Å². The van der Waals surface area contributed by atoms with Crippen molar-refractivity contribution in [2.75, 3.05) is 0 Å². The lowest BCUT2D eigenvalue weighted by Crippen LogP contribution is -2.26. The molecule has 0 aliphatic carbocycles. The Kier molecular flexibility index (Phi) is 3.19. The molecule has 1 aromatic rings. The van der Waals surface area contributed by atoms with Crippen LogP contribution in [-0.4, -0.2) is 21.7 Å². The Morgan fingerprint density at radius 3 is 2.69 bits per heavy atom. The van der Waals surface area contributed by atoms with E-state index < -0.39 is 11.6 Å². The summed E-state index contributed by atoms with van der Waals surface area (Å²) in [6, 6.07) is 2.83. The number of aryl methyl sites for hydroxylation is 1. The van der Waals surface area contributed by atoms with E-state index in [0.717, 1.165) is 0 Å². The molecule has 0 spiro atoms. The van der Waals surface area contributed by atoms with Crippen molar-refractivity contribution in [1.82, 2.24) is 4.98 Å². The summed E-state index contributed by atoms with van der Waals surface area (Å²) in [4.78, 5) is 14.9. The number of carboxylic acid groups (broad SMARTS) is 1. The summed E-state index contributed by atoms with van der Waals surface area (Å²) in [5, 5.41) is 8.87. The number of nitrogens with zero attached hydrogens (tertiary/aromatic N) is 1. The Balaban J connectivity index is 3.07. The second-order valence-corrected chi connectivity index (χ2v) is 3.90. The van der Waals surface area contributed by atoms with Gasteiger partial charge in [-0.1, -0.05) is 5.92 Å². The summed E-state index contributed by atoms with van der Waals surface area (Å²) in [7, 11) is 0. The fourth-order valence-corrected chi connectivity index (χ4v) is 1.10. The average molecular weight is 219 g/mol. The molecule has 4 nitrogen and oxygen atoms in total. The molecule has 0 saturated carbocycles. The van der Waals surface area contributed by atoms with Gasteiger partial charge >= 0.3 is 5.97 Å². The first-order valence-electron chi connectivity index (χ1n) is 4.73. The number of terminal acetylenes is 1. The van der Waals surface area contributed by atoms with Crippen LogP contribution < -0.4 is 4.74 Å². The van der Waals surface area contributed by atoms with E-state index in [-0.39, 0.29) is 11.4 Å². The molecule has 16 heavy (non-hydrogen) atoms. The molecule has 0 amide bonds. The molecule has 0 aliphatic heterocycles. The van der Waals surface area contributed by atoms with Gasteiger partial charge in [-0.3, -0.25) is 0 Å². The highest BCUT2D eigenvalue weighted by molar-refractivity contribution is 5.88. The van der Waals surface area contributed by atoms with Crippen LogP contribution in [0.15, 0.2) is 12.1 Å². The number of aromatic carboxylic acids is 1. The van der Waals surface area contributed by atoms with Gasteiger partial charge in [-0.15, -0.1) is 6.42 Å². The van der Waals surface area contributed by atoms with E-state index in [4.69, 9.17) is 16.3 Å². The molecule has 0 radical (unpaired) electrons. The third-order valence-electron chi connectivity index (χ3n) is 1.88. The number of hydrogen-bond donors (Lipinski definition) is 1. The lowest BCUT2D eigenvalue weighted by Gasteiger charge is -2.19. The number of carboxylic acids is 1. The molecular weight excluding hydrogens is 206 g/mol. The minimum atomic E-state index is -1.02. The zero-order valence-corrected chi connectivity index (χ0v) is 9.44. The topological polar surface area (TPSA) is 59.4 Å². The summed E-state index contributed by atoms with van der Waals surface area (Å²) >= 11 is 0. The van der Waals surface area contributed by atoms with Crippen LogP contribution >= 0.6 is 0 Å². The monoisotopic (exact) mass is 219 g/mol. The van der Waals surface area contributed by atoms with Crippen molar-refractivity contribution in [3.63, 3.8) is 0 Å². The third-order valence-corrected chi connectivity index (χ3v) is 1.88. The standard InChI is InChI=1S/C12H13NO3/c1-5-12(3,4)16-10-7-9(11(14)15)6-8(2)13-10/h1,6-7H,2-4H3,(H,14,15). The first kappa shape index (κ1) is 12.1. The Hall–Kier alpha value is -2.02. The molecule has 1 N–H and O–H groups in total. The Morgan fingerprint density at radius 1 is 1.56 bits per heavy atom. The lowest BCUT2D eigenvalue weighted by molar-refractivity contribution is 0.0695. The minimum absolute atomic E-state index is 0.135. The summed E-state index contributed by atoms with van der Waals surface area (Å²) in [5.74, 6) is 1.65. The van der Waals surface area contributed by atoms with Crippen molar-refractivity contribution in [3.8, 4) is 18.2 Å². The number of aromatic nitrogens is 1. The van der Waals surface area contributed by atoms with Crippen molar-refractivity contribution in [3.05, 3.63) is 23.4 Å². The maximum absolute atomic E-state index is 10.8. The fraction of sp³-hybridized carbons (Fsp3) is 0.333. The normalized spacial score (nSPS) is 10.6. The Labute approximate surface area is 94.3 Å². The summed E-state index contributed by atoms with van der Waals surface area (Å²) < 4.78 is 5.41. The molecule has 0 aromatic carbocycles. The summed E-state index contributed by atoms with van der Waals surface area (Å²) in [6.45, 7) is 5.11. The number of rotatable bonds is 3. The molecule has 0 aliphatic rings. The van der Waals surface area contributed by atoms with Crippen LogP contribution in [0.1, 0.15) is 29.9 Å². The number of ether oxygens (including phenoxy) is 1. The zero-order valence-electron chi connectivity index (χ0n) is 9.44. The van der Waals surface area contributed by atoms with E-state index in [9.17, 15) is 4.79 Å². The smallest absolute Gasteiger partial charge is 0.335 e. The van der Waals surface area contributed by atoms with Crippen molar-refractivity contribution < 1.29 is 14.6 Å². The second-order valence-electron chi connectivity index (χ2n) is 3.90. The van der Waals surface area contributed by atoms with Crippen LogP contribution in [0.5, 0.6) is 5.88 Å². The predicted octanol–water partition coefficient (Wildman–Crippen LogP) is 1.88. The first-order chi connectivity index (χ1) is 7.34. The molecule has 0 atom stereocenters. The maximum atomic E-state index is 10.8. The Morgan fingerprint density at radius 2 is 2.19 bits per heavy atom. The minimum Gasteiger partial charge on any atom is -0.478 e. The number of hydrogen-bond acceptors (Lipinski definition) is 3. The molecule has 0 saturated heterocycles. The van der Waals surface area contributed by atoms with Crippen molar-refractivity contribution in [1.29, 1.82) is 0 Å². The fourth-order valence-electron chi connectivity index (χ4n) is 1.10. The molecule has 0 bridgehead atoms. The summed E-state index contributed by atoms with van der Waals surface area (Å²) in [6.07, 6.45) is 5.27. The van der Waals surface area contributed by atoms with Gasteiger partial charge < -0.3 is 9.84 Å². The van der Waals surface area contributed by atoms with Crippen molar-refractivity contribution in [2.45, 2.75) is 26.4 Å². The van der Waals surface area contributed by atoms with Gasteiger partial charge in [-0.2, -0.15) is 0 Å². The molecule has 0 fully saturated rings. The first-order valence-corrected chi connectivity index (χ1v) is 4.73. The van der Waals surface area contributed by atoms with Crippen LogP contribution in [0, 0.1) is 19.3 Å². The highest BCUT2D eigenvalue weighted by Gasteiger charge is 2.17. The van der Waals surface area contributed by atoms with Crippen LogP contribution in [0.25, 0.3) is 0 Å². The van der Waals surface area contributed by atoms with E-state index in [2.05, 4.69) is 10.9 Å². The predicted molar refractivity (Wildman–Crippen MR) is 59.5 cm³/mol. The highest BCUT2D eigenvalue weighted by Crippen LogP contribution is 2.18. The average Bonchev–Trinajstić information content (AvgIpc) is 2.16. The van der Waals surface area contributed by atoms with Crippen molar-refractivity contribution in [2.24, 2.45) is 0 Å². The lowest BCUT2D eigenvalue weighted by atomic mass is 10.1. The second kappa shape index (κ2) is 4.23. The van der Waals surface area contributed by atoms with Crippen LogP contribution in [0.4, 0.5) is 0 Å². The van der Waals surface area contributed by atoms with Crippen LogP contribution in [0.3, 0.4) is 0 Å². The Bertz CT molecular complexity index is 458. The van der Waals surface area contributed by atoms with Gasteiger partial charge in [0.2, 0.25) is 5.88 Å². The van der Waals surface area contributed by atoms with Gasteiger partial charge in [0.05, 0.1) is 5.56 Å². The molecule has 4 heteroatoms. The molecular formula is C12H13NO3. The van der Waals surface area contributed by atoms with E-state index >= 15 is 0 Å². The molecule has 1 rings (SSSR count). The summed E-state index contributed by atoms with van der Waals surface area (Å²) in [5.41, 5.74) is -0.102. The third kappa shape index (κ3) is 2.99. The van der Waals surface area contributed by atoms with Gasteiger partial charge in [0.1, 0.15) is 0 Å². The highest BCUT2D eigenvalue weighted by atomic mass is 16.5.